The number of hydrogen-bond donors (Lipinski definition) is 1. The Labute approximate surface area is 170 Å². The van der Waals surface area contributed by atoms with Gasteiger partial charge in [0, 0.05) is 33.2 Å². The highest BCUT2D eigenvalue weighted by Gasteiger charge is 2.26. The van der Waals surface area contributed by atoms with E-state index < -0.39 is 5.82 Å². The van der Waals surface area contributed by atoms with Crippen LogP contribution in [0.5, 0.6) is 5.75 Å². The predicted molar refractivity (Wildman–Crippen MR) is 106 cm³/mol. The second-order valence-corrected chi connectivity index (χ2v) is 7.12. The largest absolute Gasteiger partial charge is 0.494 e. The third kappa shape index (κ3) is 5.48. The molecular formula is C21H28FN3O4. The first-order valence-electron chi connectivity index (χ1n) is 9.67. The zero-order chi connectivity index (χ0) is 20.8. The fraction of sp³-hybridized carbons (Fsp3) is 0.476. The minimum absolute atomic E-state index is 0.0663. The molecule has 1 aromatic heterocycles. The van der Waals surface area contributed by atoms with Crippen LogP contribution in [0.1, 0.15) is 23.1 Å². The van der Waals surface area contributed by atoms with E-state index in [0.29, 0.717) is 25.3 Å². The van der Waals surface area contributed by atoms with E-state index >= 15 is 0 Å². The van der Waals surface area contributed by atoms with Gasteiger partial charge >= 0.3 is 6.03 Å². The van der Waals surface area contributed by atoms with Gasteiger partial charge in [0.25, 0.3) is 0 Å². The lowest BCUT2D eigenvalue weighted by molar-refractivity contribution is 0.0119. The van der Waals surface area contributed by atoms with E-state index in [0.717, 1.165) is 24.6 Å². The number of urea groups is 1. The maximum atomic E-state index is 13.9. The molecule has 2 amide bonds. The number of nitrogens with zero attached hydrogens (tertiary/aromatic N) is 2. The zero-order valence-electron chi connectivity index (χ0n) is 17.1. The molecule has 3 rings (SSSR count). The molecule has 1 aliphatic heterocycles. The number of methoxy groups -OCH3 is 1. The molecule has 0 radical (unpaired) electrons. The summed E-state index contributed by atoms with van der Waals surface area (Å²) >= 11 is 0. The van der Waals surface area contributed by atoms with Crippen molar-refractivity contribution < 1.29 is 23.1 Å². The quantitative estimate of drug-likeness (QED) is 0.767. The van der Waals surface area contributed by atoms with E-state index in [2.05, 4.69) is 10.2 Å². The summed E-state index contributed by atoms with van der Waals surface area (Å²) in [5.41, 5.74) is 0.687. The average Bonchev–Trinajstić information content (AvgIpc) is 3.15. The highest BCUT2D eigenvalue weighted by Crippen LogP contribution is 2.23. The molecule has 2 heterocycles. The lowest BCUT2D eigenvalue weighted by atomic mass is 10.1. The van der Waals surface area contributed by atoms with Crippen LogP contribution in [0, 0.1) is 12.7 Å². The molecule has 7 nitrogen and oxygen atoms in total. The average molecular weight is 405 g/mol. The molecule has 0 spiro atoms. The Bertz CT molecular complexity index is 820. The third-order valence-corrected chi connectivity index (χ3v) is 5.01. The first kappa shape index (κ1) is 21.1. The highest BCUT2D eigenvalue weighted by atomic mass is 19.1. The molecule has 1 unspecified atom stereocenters. The molecular weight excluding hydrogens is 377 g/mol. The molecule has 29 heavy (non-hydrogen) atoms. The van der Waals surface area contributed by atoms with Crippen LogP contribution in [0.2, 0.25) is 0 Å². The summed E-state index contributed by atoms with van der Waals surface area (Å²) in [6.07, 6.45) is 0. The number of nitrogens with one attached hydrogen (secondary N) is 1. The number of rotatable bonds is 7. The van der Waals surface area contributed by atoms with Gasteiger partial charge in [-0.25, -0.2) is 9.18 Å². The number of benzene rings is 1. The Hall–Kier alpha value is -2.58. The minimum Gasteiger partial charge on any atom is -0.494 e. The Morgan fingerprint density at radius 2 is 2.07 bits per heavy atom. The standard InChI is InChI=1S/C21H28FN3O4/c1-15-4-6-20(29-15)18(25-8-10-28-11-9-25)13-23-21(26)24(2)14-16-5-7-19(27-3)17(22)12-16/h4-7,12,18H,8-11,13-14H2,1-3H3,(H,23,26). The van der Waals surface area contributed by atoms with Crippen LogP contribution in [-0.2, 0) is 11.3 Å². The van der Waals surface area contributed by atoms with Gasteiger partial charge < -0.3 is 24.1 Å². The van der Waals surface area contributed by atoms with Crippen molar-refractivity contribution in [3.05, 3.63) is 53.2 Å². The van der Waals surface area contributed by atoms with Crippen molar-refractivity contribution in [3.63, 3.8) is 0 Å². The maximum absolute atomic E-state index is 13.9. The highest BCUT2D eigenvalue weighted by molar-refractivity contribution is 5.73. The monoisotopic (exact) mass is 405 g/mol. The molecule has 1 fully saturated rings. The zero-order valence-corrected chi connectivity index (χ0v) is 17.1. The number of furan rings is 1. The van der Waals surface area contributed by atoms with E-state index in [-0.39, 0.29) is 24.4 Å². The molecule has 2 aromatic rings. The Kier molecular flexibility index (Phi) is 7.11. The fourth-order valence-electron chi connectivity index (χ4n) is 3.40. The van der Waals surface area contributed by atoms with Gasteiger partial charge in [-0.05, 0) is 36.8 Å². The summed E-state index contributed by atoms with van der Waals surface area (Å²) in [4.78, 5) is 16.4. The molecule has 1 N–H and O–H groups in total. The molecule has 8 heteroatoms. The SMILES string of the molecule is COc1ccc(CN(C)C(=O)NCC(c2ccc(C)o2)N2CCOCC2)cc1F. The Balaban J connectivity index is 1.60. The van der Waals surface area contributed by atoms with Gasteiger partial charge in [0.1, 0.15) is 11.5 Å². The van der Waals surface area contributed by atoms with Crippen molar-refractivity contribution in [2.45, 2.75) is 19.5 Å². The first-order chi connectivity index (χ1) is 14.0. The number of aryl methyl sites for hydroxylation is 1. The molecule has 1 saturated heterocycles. The van der Waals surface area contributed by atoms with Gasteiger partial charge in [0.2, 0.25) is 0 Å². The number of carbonyl (C=O) groups is 1. The van der Waals surface area contributed by atoms with Gasteiger partial charge in [-0.1, -0.05) is 6.07 Å². The van der Waals surface area contributed by atoms with E-state index in [1.54, 1.807) is 19.2 Å². The summed E-state index contributed by atoms with van der Waals surface area (Å²) < 4.78 is 30.1. The minimum atomic E-state index is -0.445. The molecule has 0 saturated carbocycles. The van der Waals surface area contributed by atoms with E-state index in [4.69, 9.17) is 13.9 Å². The summed E-state index contributed by atoms with van der Waals surface area (Å²) in [5.74, 6) is 1.40. The van der Waals surface area contributed by atoms with Crippen LogP contribution in [0.15, 0.2) is 34.7 Å². The topological polar surface area (TPSA) is 67.2 Å². The van der Waals surface area contributed by atoms with Gasteiger partial charge in [0.05, 0.1) is 26.4 Å². The number of amides is 2. The third-order valence-electron chi connectivity index (χ3n) is 5.01. The number of morpholine rings is 1. The summed E-state index contributed by atoms with van der Waals surface area (Å²) in [5, 5.41) is 2.97. The second-order valence-electron chi connectivity index (χ2n) is 7.12. The van der Waals surface area contributed by atoms with Crippen LogP contribution in [0.4, 0.5) is 9.18 Å². The van der Waals surface area contributed by atoms with Gasteiger partial charge in [0.15, 0.2) is 11.6 Å². The molecule has 1 aliphatic rings. The lowest BCUT2D eigenvalue weighted by Gasteiger charge is -2.33. The maximum Gasteiger partial charge on any atom is 0.317 e. The van der Waals surface area contributed by atoms with Crippen molar-refractivity contribution in [3.8, 4) is 5.75 Å². The number of halogens is 1. The number of carbonyl (C=O) groups excluding carboxylic acids is 1. The molecule has 0 bridgehead atoms. The van der Waals surface area contributed by atoms with Gasteiger partial charge in [-0.2, -0.15) is 0 Å². The smallest absolute Gasteiger partial charge is 0.317 e. The predicted octanol–water partition coefficient (Wildman–Crippen LogP) is 2.95. The van der Waals surface area contributed by atoms with Crippen molar-refractivity contribution in [1.82, 2.24) is 15.1 Å². The summed E-state index contributed by atoms with van der Waals surface area (Å²) in [6, 6.07) is 8.26. The van der Waals surface area contributed by atoms with Crippen LogP contribution >= 0.6 is 0 Å². The number of ether oxygens (including phenoxy) is 2. The van der Waals surface area contributed by atoms with Crippen LogP contribution < -0.4 is 10.1 Å². The van der Waals surface area contributed by atoms with Crippen LogP contribution in [0.25, 0.3) is 0 Å². The molecule has 0 aliphatic carbocycles. The Morgan fingerprint density at radius 3 is 2.69 bits per heavy atom. The number of hydrogen-bond acceptors (Lipinski definition) is 5. The second kappa shape index (κ2) is 9.76. The normalized spacial score (nSPS) is 15.7. The van der Waals surface area contributed by atoms with Gasteiger partial charge in [-0.15, -0.1) is 0 Å². The van der Waals surface area contributed by atoms with Crippen molar-refractivity contribution in [2.75, 3.05) is 47.0 Å². The van der Waals surface area contributed by atoms with Crippen molar-refractivity contribution >= 4 is 6.03 Å². The van der Waals surface area contributed by atoms with Crippen molar-refractivity contribution in [1.29, 1.82) is 0 Å². The lowest BCUT2D eigenvalue weighted by Crippen LogP contribution is -2.45. The molecule has 1 aromatic carbocycles. The summed E-state index contributed by atoms with van der Waals surface area (Å²) in [7, 11) is 3.10. The van der Waals surface area contributed by atoms with E-state index in [1.807, 2.05) is 19.1 Å². The van der Waals surface area contributed by atoms with E-state index in [9.17, 15) is 9.18 Å². The van der Waals surface area contributed by atoms with Crippen molar-refractivity contribution in [2.24, 2.45) is 0 Å². The fourth-order valence-corrected chi connectivity index (χ4v) is 3.40. The molecule has 1 atom stereocenters. The van der Waals surface area contributed by atoms with Crippen LogP contribution in [0.3, 0.4) is 0 Å². The molecule has 158 valence electrons. The first-order valence-corrected chi connectivity index (χ1v) is 9.67. The van der Waals surface area contributed by atoms with E-state index in [1.165, 1.54) is 18.1 Å². The van der Waals surface area contributed by atoms with Crippen LogP contribution in [-0.4, -0.2) is 62.8 Å². The Morgan fingerprint density at radius 1 is 1.31 bits per heavy atom. The summed E-state index contributed by atoms with van der Waals surface area (Å²) in [6.45, 7) is 5.48. The van der Waals surface area contributed by atoms with Gasteiger partial charge in [-0.3, -0.25) is 4.90 Å².